The number of amides is 4. The van der Waals surface area contributed by atoms with Crippen LogP contribution in [-0.2, 0) is 113 Å². The van der Waals surface area contributed by atoms with Gasteiger partial charge in [0.1, 0.15) is 22.9 Å². The monoisotopic (exact) mass is 1250 g/mol. The third-order valence-corrected chi connectivity index (χ3v) is 18.6. The van der Waals surface area contributed by atoms with Crippen LogP contribution in [0.25, 0.3) is 0 Å². The van der Waals surface area contributed by atoms with Crippen LogP contribution in [0, 0.1) is 20.8 Å². The van der Waals surface area contributed by atoms with Crippen molar-refractivity contribution in [1.29, 1.82) is 0 Å². The SMILES string of the molecule is COC(=O)C1(c2ccc(C)s2)CC1.COC(=O)C1(c2cn(C)cn2)CC1.COC(=O)Cc1ccc(C)s1.COC(=O)Cc1cn(C)cn1.C[C@H](C(=O)NO)N(C)C(=O)C1(c2cn(C)cn2)CC1.Cc1ccc(C2(C(=O)N(C)[C@H](C)C(=O)NO)CC2)s1. The fourth-order valence-corrected chi connectivity index (χ4v) is 12.1. The predicted molar refractivity (Wildman–Crippen MR) is 320 cm³/mol. The number of carbonyl (C=O) groups excluding carboxylic acids is 8. The Labute approximate surface area is 512 Å². The zero-order chi connectivity index (χ0) is 63.9. The van der Waals surface area contributed by atoms with Gasteiger partial charge in [-0.15, -0.1) is 34.0 Å². The molecule has 6 aromatic heterocycles. The Hall–Kier alpha value is -7.59. The molecule has 24 nitrogen and oxygen atoms in total. The molecule has 4 fully saturated rings. The van der Waals surface area contributed by atoms with Gasteiger partial charge in [0.25, 0.3) is 11.8 Å². The zero-order valence-corrected chi connectivity index (χ0v) is 53.7. The third kappa shape index (κ3) is 17.3. The lowest BCUT2D eigenvalue weighted by molar-refractivity contribution is -0.144. The van der Waals surface area contributed by atoms with E-state index < -0.39 is 40.1 Å². The first-order valence-electron chi connectivity index (χ1n) is 27.5. The highest BCUT2D eigenvalue weighted by atomic mass is 32.1. The van der Waals surface area contributed by atoms with E-state index in [1.54, 1.807) is 107 Å². The first-order valence-corrected chi connectivity index (χ1v) is 30.0. The standard InChI is InChI=1S/C13H18N2O3S.C12H18N4O3.C10H12O2S.C9H12N2O2.C8H10O2S.C7H10N2O2/c1-8-4-5-10(19-8)13(6-7-13)12(17)15(3)9(2)11(16)14-18;1-8(10(17)14-19)16(3)11(18)12(4-5-12)9-6-15(2)7-13-9;1-7-3-4-8(13-7)10(5-6-10)9(11)12-2;1-11-5-7(10-6-11)9(3-4-9)8(12)13-2;1-6-3-4-7(11-6)5-8(9)10-2;1-9-4-6(8-5-9)3-7(10)11-2/h4-5,9,18H,6-7H2,1-3H3,(H,14,16);6-8,19H,4-5H2,1-3H3,(H,14,17);3-4H,5-6H2,1-2H3;5-6H,3-4H2,1-2H3;3-4H,5H2,1-2H3;4-5H,3H2,1-2H3/t9-;8-;;;;/m11..../s1. The Morgan fingerprint density at radius 2 is 0.895 bits per heavy atom. The van der Waals surface area contributed by atoms with E-state index in [1.807, 2.05) is 82.3 Å². The number of imidazole rings is 3. The summed E-state index contributed by atoms with van der Waals surface area (Å²) in [4.78, 5) is 114. The lowest BCUT2D eigenvalue weighted by Gasteiger charge is -2.27. The quantitative estimate of drug-likeness (QED) is 0.0372. The van der Waals surface area contributed by atoms with Gasteiger partial charge in [0.15, 0.2) is 0 Å². The van der Waals surface area contributed by atoms with Crippen molar-refractivity contribution in [1.82, 2.24) is 49.4 Å². The summed E-state index contributed by atoms with van der Waals surface area (Å²) in [5.41, 5.74) is 3.72. The van der Waals surface area contributed by atoms with Crippen LogP contribution in [0.15, 0.2) is 74.0 Å². The van der Waals surface area contributed by atoms with Crippen LogP contribution in [-0.4, -0.2) is 151 Å². The summed E-state index contributed by atoms with van der Waals surface area (Å²) in [5.74, 6) is -2.04. The Balaban J connectivity index is 0.000000191. The molecule has 6 aromatic rings. The van der Waals surface area contributed by atoms with Crippen molar-refractivity contribution in [3.8, 4) is 0 Å². The maximum atomic E-state index is 12.6. The van der Waals surface area contributed by atoms with E-state index >= 15 is 0 Å². The van der Waals surface area contributed by atoms with Crippen molar-refractivity contribution in [2.24, 2.45) is 21.1 Å². The van der Waals surface area contributed by atoms with E-state index in [1.165, 1.54) is 52.9 Å². The van der Waals surface area contributed by atoms with Crippen molar-refractivity contribution >= 4 is 81.5 Å². The highest BCUT2D eigenvalue weighted by Crippen LogP contribution is 2.53. The lowest BCUT2D eigenvalue weighted by atomic mass is 10.0. The van der Waals surface area contributed by atoms with Gasteiger partial charge in [-0.3, -0.25) is 48.8 Å². The minimum Gasteiger partial charge on any atom is -0.469 e. The van der Waals surface area contributed by atoms with Crippen LogP contribution in [0.4, 0.5) is 0 Å². The molecule has 0 spiro atoms. The number of thiophene rings is 3. The van der Waals surface area contributed by atoms with E-state index in [-0.39, 0.29) is 47.5 Å². The molecule has 468 valence electrons. The number of likely N-dealkylation sites (N-methyl/N-ethyl adjacent to an activating group) is 2. The summed E-state index contributed by atoms with van der Waals surface area (Å²) in [7, 11) is 14.4. The van der Waals surface area contributed by atoms with Gasteiger partial charge in [-0.05, 0) is 122 Å². The predicted octanol–water partition coefficient (Wildman–Crippen LogP) is 6.04. The molecule has 0 unspecified atom stereocenters. The molecule has 0 bridgehead atoms. The maximum Gasteiger partial charge on any atom is 0.317 e. The van der Waals surface area contributed by atoms with Gasteiger partial charge in [0.05, 0.1) is 88.2 Å². The molecule has 0 aromatic carbocycles. The van der Waals surface area contributed by atoms with Crippen molar-refractivity contribution in [3.63, 3.8) is 0 Å². The molecule has 0 aliphatic heterocycles. The molecule has 0 saturated heterocycles. The van der Waals surface area contributed by atoms with Gasteiger partial charge in [0, 0.05) is 83.1 Å². The van der Waals surface area contributed by atoms with Crippen LogP contribution >= 0.6 is 34.0 Å². The van der Waals surface area contributed by atoms with Crippen LogP contribution in [0.5, 0.6) is 0 Å². The van der Waals surface area contributed by atoms with Crippen LogP contribution in [0.2, 0.25) is 0 Å². The van der Waals surface area contributed by atoms with E-state index in [0.29, 0.717) is 6.42 Å². The Kier molecular flexibility index (Phi) is 24.3. The minimum absolute atomic E-state index is 0.0505. The topological polar surface area (TPSA) is 298 Å². The molecule has 4 N–H and O–H groups in total. The molecule has 0 radical (unpaired) electrons. The first kappa shape index (κ1) is 69.2. The largest absolute Gasteiger partial charge is 0.469 e. The van der Waals surface area contributed by atoms with Crippen molar-refractivity contribution in [2.75, 3.05) is 42.5 Å². The third-order valence-electron chi connectivity index (χ3n) is 15.2. The summed E-state index contributed by atoms with van der Waals surface area (Å²) >= 11 is 4.96. The smallest absolute Gasteiger partial charge is 0.317 e. The van der Waals surface area contributed by atoms with E-state index in [0.717, 1.165) is 83.1 Å². The van der Waals surface area contributed by atoms with E-state index in [9.17, 15) is 38.4 Å². The summed E-state index contributed by atoms with van der Waals surface area (Å²) < 4.78 is 24.0. The van der Waals surface area contributed by atoms with Gasteiger partial charge >= 0.3 is 23.9 Å². The van der Waals surface area contributed by atoms with Gasteiger partial charge in [-0.25, -0.2) is 25.9 Å². The van der Waals surface area contributed by atoms with Gasteiger partial charge in [-0.2, -0.15) is 0 Å². The summed E-state index contributed by atoms with van der Waals surface area (Å²) in [6.07, 6.45) is 17.9. The molecule has 4 aliphatic rings. The fourth-order valence-electron chi connectivity index (χ4n) is 8.99. The number of esters is 4. The van der Waals surface area contributed by atoms with Crippen molar-refractivity contribution in [3.05, 3.63) is 120 Å². The van der Waals surface area contributed by atoms with Crippen LogP contribution in [0.1, 0.15) is 112 Å². The number of hydrogen-bond acceptors (Lipinski definition) is 20. The van der Waals surface area contributed by atoms with Crippen LogP contribution in [0.3, 0.4) is 0 Å². The lowest BCUT2D eigenvalue weighted by Crippen LogP contribution is -2.48. The molecule has 6 heterocycles. The number of methoxy groups -OCH3 is 4. The highest BCUT2D eigenvalue weighted by molar-refractivity contribution is 7.12. The van der Waals surface area contributed by atoms with E-state index in [2.05, 4.69) is 37.4 Å². The number of nitrogens with one attached hydrogen (secondary N) is 2. The van der Waals surface area contributed by atoms with E-state index in [4.69, 9.17) is 19.9 Å². The normalized spacial score (nSPS) is 15.8. The number of aryl methyl sites for hydroxylation is 6. The van der Waals surface area contributed by atoms with Gasteiger partial charge in [0.2, 0.25) is 11.8 Å². The molecule has 4 aliphatic carbocycles. The molecular formula is C59H80N10O14S3. The molecule has 4 amide bonds. The Morgan fingerprint density at radius 3 is 1.23 bits per heavy atom. The van der Waals surface area contributed by atoms with Gasteiger partial charge < -0.3 is 42.4 Å². The fraction of sp³-hybridized carbons (Fsp3) is 0.508. The highest BCUT2D eigenvalue weighted by Gasteiger charge is 2.57. The molecule has 10 rings (SSSR count). The second-order valence-corrected chi connectivity index (χ2v) is 25.6. The number of hydrogen-bond donors (Lipinski definition) is 4. The average molecular weight is 1250 g/mol. The molecule has 4 saturated carbocycles. The molecular weight excluding hydrogens is 1170 g/mol. The Bertz CT molecular complexity index is 3090. The Morgan fingerprint density at radius 1 is 0.523 bits per heavy atom. The number of nitrogens with zero attached hydrogens (tertiary/aromatic N) is 8. The van der Waals surface area contributed by atoms with Crippen molar-refractivity contribution in [2.45, 2.75) is 133 Å². The van der Waals surface area contributed by atoms with Gasteiger partial charge in [-0.1, -0.05) is 0 Å². The summed E-state index contributed by atoms with van der Waals surface area (Å²) in [6, 6.07) is 10.7. The number of ether oxygens (including phenoxy) is 4. The molecule has 2 atom stereocenters. The maximum absolute atomic E-state index is 12.6. The van der Waals surface area contributed by atoms with Crippen molar-refractivity contribution < 1.29 is 67.7 Å². The average Bonchev–Trinajstić information content (AvgIpc) is 1.75. The summed E-state index contributed by atoms with van der Waals surface area (Å²) in [5, 5.41) is 17.3. The molecule has 27 heteroatoms. The number of hydroxylamine groups is 2. The second kappa shape index (κ2) is 30.2. The molecule has 86 heavy (non-hydrogen) atoms. The second-order valence-electron chi connectivity index (χ2n) is 21.7. The first-order chi connectivity index (χ1) is 40.7. The minimum atomic E-state index is -0.723. The van der Waals surface area contributed by atoms with Crippen LogP contribution < -0.4 is 11.0 Å². The number of aromatic nitrogens is 6. The summed E-state index contributed by atoms with van der Waals surface area (Å²) in [6.45, 7) is 9.25. The number of rotatable bonds is 16. The number of carbonyl (C=O) groups is 8. The zero-order valence-electron chi connectivity index (χ0n) is 51.2.